The maximum absolute atomic E-state index is 11.9. The number of nitrogens with zero attached hydrogens (tertiary/aromatic N) is 3. The zero-order valence-electron chi connectivity index (χ0n) is 14.1. The molecule has 7 nitrogen and oxygen atoms in total. The van der Waals surface area contributed by atoms with Crippen molar-refractivity contribution in [2.45, 2.75) is 25.3 Å². The monoisotopic (exact) mass is 372 g/mol. The highest BCUT2D eigenvalue weighted by molar-refractivity contribution is 6.31. The number of hydrogen-bond donors (Lipinski definition) is 1. The van der Waals surface area contributed by atoms with Crippen molar-refractivity contribution in [3.63, 3.8) is 0 Å². The maximum Gasteiger partial charge on any atom is 0.331 e. The third-order valence-corrected chi connectivity index (χ3v) is 4.55. The molecule has 1 saturated carbocycles. The molecule has 1 aliphatic rings. The number of fused-ring (bicyclic) bond motifs is 1. The SMILES string of the molecule is CC(C#N)(NC(=O)COC(=O)/C=C/c1c(Cl)nc2ccccn12)C1CC1. The predicted octanol–water partition coefficient (Wildman–Crippen LogP) is 2.35. The van der Waals surface area contributed by atoms with Gasteiger partial charge in [0, 0.05) is 12.3 Å². The van der Waals surface area contributed by atoms with E-state index in [0.29, 0.717) is 11.3 Å². The minimum atomic E-state index is -0.913. The standard InChI is InChI=1S/C18H17ClN4O3/c1-18(11-20,12-5-6-12)22-15(24)10-26-16(25)8-7-13-17(19)21-14-4-2-3-9-23(13)14/h2-4,7-9,12H,5-6,10H2,1H3,(H,22,24)/b8-7+. The summed E-state index contributed by atoms with van der Waals surface area (Å²) in [6, 6.07) is 7.55. The van der Waals surface area contributed by atoms with Gasteiger partial charge in [0.1, 0.15) is 11.2 Å². The molecule has 26 heavy (non-hydrogen) atoms. The number of carbonyl (C=O) groups excluding carboxylic acids is 2. The van der Waals surface area contributed by atoms with Crippen molar-refractivity contribution in [1.29, 1.82) is 5.26 Å². The summed E-state index contributed by atoms with van der Waals surface area (Å²) in [5.74, 6) is -1.04. The van der Waals surface area contributed by atoms with Crippen molar-refractivity contribution in [3.05, 3.63) is 41.3 Å². The summed E-state index contributed by atoms with van der Waals surface area (Å²) in [6.07, 6.45) is 6.25. The van der Waals surface area contributed by atoms with E-state index in [1.807, 2.05) is 12.1 Å². The second-order valence-corrected chi connectivity index (χ2v) is 6.65. The van der Waals surface area contributed by atoms with Crippen LogP contribution in [0.5, 0.6) is 0 Å². The smallest absolute Gasteiger partial charge is 0.331 e. The molecule has 0 radical (unpaired) electrons. The number of halogens is 1. The Kier molecular flexibility index (Phi) is 4.96. The van der Waals surface area contributed by atoms with Crippen LogP contribution in [0.2, 0.25) is 5.15 Å². The van der Waals surface area contributed by atoms with E-state index in [4.69, 9.17) is 16.3 Å². The molecule has 2 heterocycles. The van der Waals surface area contributed by atoms with Gasteiger partial charge in [-0.05, 0) is 43.9 Å². The number of nitriles is 1. The molecule has 2 aromatic heterocycles. The van der Waals surface area contributed by atoms with Crippen molar-refractivity contribution in [2.24, 2.45) is 5.92 Å². The largest absolute Gasteiger partial charge is 0.452 e. The van der Waals surface area contributed by atoms with E-state index in [0.717, 1.165) is 12.8 Å². The molecule has 0 spiro atoms. The van der Waals surface area contributed by atoms with Crippen LogP contribution in [-0.2, 0) is 14.3 Å². The van der Waals surface area contributed by atoms with E-state index in [9.17, 15) is 14.9 Å². The highest BCUT2D eigenvalue weighted by atomic mass is 35.5. The molecule has 8 heteroatoms. The number of esters is 1. The minimum absolute atomic E-state index is 0.157. The Morgan fingerprint density at radius 1 is 1.54 bits per heavy atom. The van der Waals surface area contributed by atoms with E-state index in [-0.39, 0.29) is 11.1 Å². The first-order valence-electron chi connectivity index (χ1n) is 8.12. The van der Waals surface area contributed by atoms with Gasteiger partial charge in [0.05, 0.1) is 11.8 Å². The number of amides is 1. The van der Waals surface area contributed by atoms with Crippen molar-refractivity contribution in [3.8, 4) is 6.07 Å². The molecule has 0 aliphatic heterocycles. The van der Waals surface area contributed by atoms with Crippen LogP contribution in [-0.4, -0.2) is 33.4 Å². The van der Waals surface area contributed by atoms with Crippen LogP contribution in [0.15, 0.2) is 30.5 Å². The van der Waals surface area contributed by atoms with Crippen LogP contribution in [0.25, 0.3) is 11.7 Å². The van der Waals surface area contributed by atoms with Gasteiger partial charge < -0.3 is 10.1 Å². The zero-order valence-corrected chi connectivity index (χ0v) is 14.9. The number of hydrogen-bond acceptors (Lipinski definition) is 5. The number of nitrogens with one attached hydrogen (secondary N) is 1. The van der Waals surface area contributed by atoms with Gasteiger partial charge in [-0.25, -0.2) is 9.78 Å². The molecular weight excluding hydrogens is 356 g/mol. The van der Waals surface area contributed by atoms with E-state index >= 15 is 0 Å². The number of carbonyl (C=O) groups is 2. The lowest BCUT2D eigenvalue weighted by atomic mass is 9.98. The third-order valence-electron chi connectivity index (χ3n) is 4.27. The Morgan fingerprint density at radius 2 is 2.31 bits per heavy atom. The molecule has 0 bridgehead atoms. The van der Waals surface area contributed by atoms with Crippen LogP contribution in [0.1, 0.15) is 25.5 Å². The fourth-order valence-electron chi connectivity index (χ4n) is 2.67. The Bertz CT molecular complexity index is 926. The first-order chi connectivity index (χ1) is 12.4. The number of ether oxygens (including phenoxy) is 1. The Labute approximate surface area is 155 Å². The lowest BCUT2D eigenvalue weighted by Crippen LogP contribution is -2.48. The van der Waals surface area contributed by atoms with Crippen molar-refractivity contribution in [2.75, 3.05) is 6.61 Å². The molecule has 1 fully saturated rings. The second-order valence-electron chi connectivity index (χ2n) is 6.29. The van der Waals surface area contributed by atoms with Gasteiger partial charge in [-0.2, -0.15) is 5.26 Å². The lowest BCUT2D eigenvalue weighted by molar-refractivity contribution is -0.144. The lowest BCUT2D eigenvalue weighted by Gasteiger charge is -2.22. The molecule has 1 aliphatic carbocycles. The van der Waals surface area contributed by atoms with E-state index in [1.54, 1.807) is 23.6 Å². The summed E-state index contributed by atoms with van der Waals surface area (Å²) in [6.45, 7) is 1.23. The Hall–Kier alpha value is -2.85. The van der Waals surface area contributed by atoms with Gasteiger partial charge in [0.15, 0.2) is 11.8 Å². The van der Waals surface area contributed by atoms with Gasteiger partial charge >= 0.3 is 5.97 Å². The van der Waals surface area contributed by atoms with Gasteiger partial charge in [0.25, 0.3) is 5.91 Å². The number of imidazole rings is 1. The quantitative estimate of drug-likeness (QED) is 0.620. The first kappa shape index (κ1) is 18.0. The first-order valence-corrected chi connectivity index (χ1v) is 8.50. The maximum atomic E-state index is 11.9. The number of rotatable bonds is 6. The molecule has 1 atom stereocenters. The summed E-state index contributed by atoms with van der Waals surface area (Å²) in [5, 5.41) is 12.1. The number of pyridine rings is 1. The van der Waals surface area contributed by atoms with Crippen LogP contribution >= 0.6 is 11.6 Å². The molecule has 0 aromatic carbocycles. The Morgan fingerprint density at radius 3 is 3.00 bits per heavy atom. The van der Waals surface area contributed by atoms with Crippen molar-refractivity contribution in [1.82, 2.24) is 14.7 Å². The highest BCUT2D eigenvalue weighted by Crippen LogP contribution is 2.39. The van der Waals surface area contributed by atoms with E-state index in [1.165, 1.54) is 12.2 Å². The van der Waals surface area contributed by atoms with Gasteiger partial charge in [-0.3, -0.25) is 9.20 Å². The fourth-order valence-corrected chi connectivity index (χ4v) is 2.92. The van der Waals surface area contributed by atoms with Crippen LogP contribution in [0.3, 0.4) is 0 Å². The average molecular weight is 373 g/mol. The molecule has 2 aromatic rings. The number of aromatic nitrogens is 2. The van der Waals surface area contributed by atoms with Gasteiger partial charge in [-0.15, -0.1) is 0 Å². The molecule has 1 N–H and O–H groups in total. The molecule has 1 amide bonds. The molecule has 134 valence electrons. The normalized spacial score (nSPS) is 16.2. The molecule has 1 unspecified atom stereocenters. The summed E-state index contributed by atoms with van der Waals surface area (Å²) in [7, 11) is 0. The second kappa shape index (κ2) is 7.18. The molecular formula is C18H17ClN4O3. The van der Waals surface area contributed by atoms with Crippen molar-refractivity contribution >= 4 is 35.2 Å². The third kappa shape index (κ3) is 3.86. The van der Waals surface area contributed by atoms with E-state index in [2.05, 4.69) is 16.4 Å². The molecule has 3 rings (SSSR count). The average Bonchev–Trinajstić information content (AvgIpc) is 3.42. The Balaban J connectivity index is 1.57. The summed E-state index contributed by atoms with van der Waals surface area (Å²) in [5.41, 5.74) is 0.277. The summed E-state index contributed by atoms with van der Waals surface area (Å²) >= 11 is 6.07. The van der Waals surface area contributed by atoms with Crippen LogP contribution < -0.4 is 5.32 Å². The topological polar surface area (TPSA) is 96.5 Å². The predicted molar refractivity (Wildman–Crippen MR) is 95.1 cm³/mol. The highest BCUT2D eigenvalue weighted by Gasteiger charge is 2.43. The van der Waals surface area contributed by atoms with Crippen LogP contribution in [0.4, 0.5) is 0 Å². The summed E-state index contributed by atoms with van der Waals surface area (Å²) < 4.78 is 6.65. The van der Waals surface area contributed by atoms with Crippen molar-refractivity contribution < 1.29 is 14.3 Å². The summed E-state index contributed by atoms with van der Waals surface area (Å²) in [4.78, 5) is 27.9. The van der Waals surface area contributed by atoms with Gasteiger partial charge in [0.2, 0.25) is 0 Å². The zero-order chi connectivity index (χ0) is 18.7. The van der Waals surface area contributed by atoms with Gasteiger partial charge in [-0.1, -0.05) is 17.7 Å². The van der Waals surface area contributed by atoms with E-state index < -0.39 is 24.0 Å². The van der Waals surface area contributed by atoms with Crippen LogP contribution in [0, 0.1) is 17.2 Å². The molecule has 0 saturated heterocycles. The minimum Gasteiger partial charge on any atom is -0.452 e. The fraction of sp³-hybridized carbons (Fsp3) is 0.333.